The maximum atomic E-state index is 12.3. The highest BCUT2D eigenvalue weighted by Crippen LogP contribution is 2.27. The normalized spacial score (nSPS) is 10.4. The van der Waals surface area contributed by atoms with Crippen LogP contribution in [0.2, 0.25) is 0 Å². The molecule has 0 aliphatic heterocycles. The van der Waals surface area contributed by atoms with Crippen LogP contribution in [0.3, 0.4) is 0 Å². The van der Waals surface area contributed by atoms with Gasteiger partial charge in [0.15, 0.2) is 11.5 Å². The van der Waals surface area contributed by atoms with E-state index in [9.17, 15) is 9.59 Å². The van der Waals surface area contributed by atoms with Gasteiger partial charge in [0.25, 0.3) is 5.56 Å². The zero-order chi connectivity index (χ0) is 20.6. The van der Waals surface area contributed by atoms with E-state index in [0.717, 1.165) is 11.1 Å². The number of carbonyl (C=O) groups excluding carboxylic acids is 1. The number of ether oxygens (including phenoxy) is 2. The van der Waals surface area contributed by atoms with Crippen LogP contribution in [0.4, 0.5) is 0 Å². The average molecular weight is 393 g/mol. The van der Waals surface area contributed by atoms with Crippen molar-refractivity contribution in [1.29, 1.82) is 0 Å². The van der Waals surface area contributed by atoms with Crippen molar-refractivity contribution in [2.24, 2.45) is 0 Å². The molecule has 0 saturated carbocycles. The molecule has 29 heavy (non-hydrogen) atoms. The molecule has 0 radical (unpaired) electrons. The Morgan fingerprint density at radius 1 is 1.03 bits per heavy atom. The monoisotopic (exact) mass is 393 g/mol. The summed E-state index contributed by atoms with van der Waals surface area (Å²) < 4.78 is 11.8. The number of aromatic nitrogens is 2. The lowest BCUT2D eigenvalue weighted by Crippen LogP contribution is -2.33. The molecule has 0 aliphatic carbocycles. The fourth-order valence-electron chi connectivity index (χ4n) is 2.90. The molecule has 0 bridgehead atoms. The molecular formula is C22H23N3O4. The van der Waals surface area contributed by atoms with Crippen molar-refractivity contribution >= 4 is 5.91 Å². The Hall–Kier alpha value is -3.61. The van der Waals surface area contributed by atoms with E-state index in [1.807, 2.05) is 48.5 Å². The minimum atomic E-state index is -0.270. The van der Waals surface area contributed by atoms with Crippen LogP contribution >= 0.6 is 0 Å². The van der Waals surface area contributed by atoms with Gasteiger partial charge in [0, 0.05) is 18.2 Å². The van der Waals surface area contributed by atoms with Gasteiger partial charge in [0.2, 0.25) is 5.91 Å². The minimum absolute atomic E-state index is 0.0766. The summed E-state index contributed by atoms with van der Waals surface area (Å²) in [4.78, 5) is 28.8. The number of hydrogen-bond acceptors (Lipinski definition) is 5. The molecule has 1 amide bonds. The predicted octanol–water partition coefficient (Wildman–Crippen LogP) is 2.29. The Morgan fingerprint density at radius 2 is 1.79 bits per heavy atom. The highest BCUT2D eigenvalue weighted by Gasteiger charge is 2.08. The molecule has 0 aliphatic rings. The van der Waals surface area contributed by atoms with Crippen LogP contribution < -0.4 is 20.3 Å². The fraction of sp³-hybridized carbons (Fsp3) is 0.227. The number of methoxy groups -OCH3 is 2. The summed E-state index contributed by atoms with van der Waals surface area (Å²) in [5.41, 5.74) is 2.18. The number of rotatable bonds is 8. The number of nitrogens with zero attached hydrogens (tertiary/aromatic N) is 2. The molecule has 0 spiro atoms. The van der Waals surface area contributed by atoms with Crippen molar-refractivity contribution < 1.29 is 14.3 Å². The lowest BCUT2D eigenvalue weighted by molar-refractivity contribution is -0.121. The standard InChI is InChI=1S/C22H23N3O4/c1-28-19-9-8-16(12-20(19)29-2)10-11-23-21(26)14-25-15-24-18(13-22(25)27)17-6-4-3-5-7-17/h3-9,12-13,15H,10-11,14H2,1-2H3,(H,23,26). The summed E-state index contributed by atoms with van der Waals surface area (Å²) in [6.07, 6.45) is 2.03. The second kappa shape index (κ2) is 9.54. The van der Waals surface area contributed by atoms with E-state index in [1.54, 1.807) is 14.2 Å². The van der Waals surface area contributed by atoms with Crippen LogP contribution in [0.25, 0.3) is 11.3 Å². The van der Waals surface area contributed by atoms with Crippen molar-refractivity contribution in [3.63, 3.8) is 0 Å². The minimum Gasteiger partial charge on any atom is -0.493 e. The quantitative estimate of drug-likeness (QED) is 0.635. The molecule has 1 aromatic heterocycles. The number of carbonyl (C=O) groups is 1. The summed E-state index contributed by atoms with van der Waals surface area (Å²) in [5, 5.41) is 2.82. The van der Waals surface area contributed by atoms with Gasteiger partial charge in [-0.05, 0) is 24.1 Å². The molecule has 0 atom stereocenters. The molecule has 150 valence electrons. The first kappa shape index (κ1) is 20.1. The molecule has 1 N–H and O–H groups in total. The summed E-state index contributed by atoms with van der Waals surface area (Å²) >= 11 is 0. The summed E-state index contributed by atoms with van der Waals surface area (Å²) in [6.45, 7) is 0.366. The van der Waals surface area contributed by atoms with E-state index < -0.39 is 0 Å². The van der Waals surface area contributed by atoms with Crippen molar-refractivity contribution in [3.8, 4) is 22.8 Å². The molecule has 3 aromatic rings. The van der Waals surface area contributed by atoms with E-state index in [4.69, 9.17) is 9.47 Å². The highest BCUT2D eigenvalue weighted by atomic mass is 16.5. The lowest BCUT2D eigenvalue weighted by Gasteiger charge is -2.10. The molecule has 0 fully saturated rings. The molecule has 0 saturated heterocycles. The van der Waals surface area contributed by atoms with Gasteiger partial charge in [-0.1, -0.05) is 36.4 Å². The van der Waals surface area contributed by atoms with Gasteiger partial charge in [-0.15, -0.1) is 0 Å². The van der Waals surface area contributed by atoms with Crippen LogP contribution in [0.5, 0.6) is 11.5 Å². The SMILES string of the molecule is COc1ccc(CCNC(=O)Cn2cnc(-c3ccccc3)cc2=O)cc1OC. The number of hydrogen-bond donors (Lipinski definition) is 1. The van der Waals surface area contributed by atoms with Crippen molar-refractivity contribution in [2.75, 3.05) is 20.8 Å². The first-order valence-corrected chi connectivity index (χ1v) is 9.20. The second-order valence-corrected chi connectivity index (χ2v) is 6.40. The maximum Gasteiger partial charge on any atom is 0.254 e. The Morgan fingerprint density at radius 3 is 2.48 bits per heavy atom. The Kier molecular flexibility index (Phi) is 6.63. The second-order valence-electron chi connectivity index (χ2n) is 6.40. The van der Waals surface area contributed by atoms with Crippen molar-refractivity contribution in [1.82, 2.24) is 14.9 Å². The summed E-state index contributed by atoms with van der Waals surface area (Å²) in [6, 6.07) is 16.5. The molecule has 0 unspecified atom stereocenters. The van der Waals surface area contributed by atoms with Crippen molar-refractivity contribution in [3.05, 3.63) is 76.8 Å². The molecular weight excluding hydrogens is 370 g/mol. The van der Waals surface area contributed by atoms with E-state index >= 15 is 0 Å². The first-order valence-electron chi connectivity index (χ1n) is 9.20. The summed E-state index contributed by atoms with van der Waals surface area (Å²) in [7, 11) is 3.17. The molecule has 2 aromatic carbocycles. The lowest BCUT2D eigenvalue weighted by atomic mass is 10.1. The van der Waals surface area contributed by atoms with E-state index in [-0.39, 0.29) is 18.0 Å². The number of amides is 1. The van der Waals surface area contributed by atoms with Crippen LogP contribution in [0.15, 0.2) is 65.7 Å². The van der Waals surface area contributed by atoms with E-state index in [1.165, 1.54) is 17.0 Å². The van der Waals surface area contributed by atoms with Gasteiger partial charge in [-0.3, -0.25) is 14.2 Å². The van der Waals surface area contributed by atoms with Gasteiger partial charge in [-0.25, -0.2) is 4.98 Å². The third-order valence-electron chi connectivity index (χ3n) is 4.45. The van der Waals surface area contributed by atoms with Gasteiger partial charge in [0.05, 0.1) is 26.2 Å². The van der Waals surface area contributed by atoms with Gasteiger partial charge >= 0.3 is 0 Å². The van der Waals surface area contributed by atoms with E-state index in [2.05, 4.69) is 10.3 Å². The van der Waals surface area contributed by atoms with E-state index in [0.29, 0.717) is 30.2 Å². The molecule has 3 rings (SSSR count). The Balaban J connectivity index is 1.55. The van der Waals surface area contributed by atoms with Crippen LogP contribution in [0, 0.1) is 0 Å². The van der Waals surface area contributed by atoms with Crippen molar-refractivity contribution in [2.45, 2.75) is 13.0 Å². The largest absolute Gasteiger partial charge is 0.493 e. The predicted molar refractivity (Wildman–Crippen MR) is 110 cm³/mol. The Bertz CT molecular complexity index is 1030. The zero-order valence-corrected chi connectivity index (χ0v) is 16.4. The zero-order valence-electron chi connectivity index (χ0n) is 16.4. The first-order chi connectivity index (χ1) is 14.1. The smallest absolute Gasteiger partial charge is 0.254 e. The van der Waals surface area contributed by atoms with Crippen LogP contribution in [-0.2, 0) is 17.8 Å². The Labute approximate surface area is 168 Å². The topological polar surface area (TPSA) is 82.5 Å². The molecule has 1 heterocycles. The third kappa shape index (κ3) is 5.22. The fourth-order valence-corrected chi connectivity index (χ4v) is 2.90. The number of benzene rings is 2. The number of nitrogens with one attached hydrogen (secondary N) is 1. The molecule has 7 nitrogen and oxygen atoms in total. The van der Waals surface area contributed by atoms with Gasteiger partial charge in [-0.2, -0.15) is 0 Å². The highest BCUT2D eigenvalue weighted by molar-refractivity contribution is 5.75. The van der Waals surface area contributed by atoms with Gasteiger partial charge in [0.1, 0.15) is 6.54 Å². The maximum absolute atomic E-state index is 12.3. The molecule has 7 heteroatoms. The summed E-state index contributed by atoms with van der Waals surface area (Å²) in [5.74, 6) is 1.06. The van der Waals surface area contributed by atoms with Crippen LogP contribution in [0.1, 0.15) is 5.56 Å². The average Bonchev–Trinajstić information content (AvgIpc) is 2.75. The van der Waals surface area contributed by atoms with Gasteiger partial charge < -0.3 is 14.8 Å². The third-order valence-corrected chi connectivity index (χ3v) is 4.45. The van der Waals surface area contributed by atoms with Crippen LogP contribution in [-0.4, -0.2) is 36.2 Å².